The van der Waals surface area contributed by atoms with Gasteiger partial charge in [-0.2, -0.15) is 0 Å². The lowest BCUT2D eigenvalue weighted by Gasteiger charge is -2.32. The molecule has 2 aromatic rings. The van der Waals surface area contributed by atoms with Gasteiger partial charge in [0.25, 0.3) is 5.91 Å². The first-order chi connectivity index (χ1) is 14.1. The second-order valence-electron chi connectivity index (χ2n) is 8.95. The van der Waals surface area contributed by atoms with E-state index in [-0.39, 0.29) is 17.9 Å². The molecule has 7 heteroatoms. The van der Waals surface area contributed by atoms with Crippen LogP contribution >= 0.6 is 0 Å². The molecule has 7 nitrogen and oxygen atoms in total. The van der Waals surface area contributed by atoms with Gasteiger partial charge in [0.15, 0.2) is 0 Å². The number of H-pyrrole nitrogens is 1. The molecule has 1 saturated heterocycles. The average molecular weight is 413 g/mol. The number of benzene rings is 1. The first-order valence-electron chi connectivity index (χ1n) is 10.5. The van der Waals surface area contributed by atoms with Crippen molar-refractivity contribution in [1.82, 2.24) is 20.2 Å². The van der Waals surface area contributed by atoms with Crippen LogP contribution in [0.2, 0.25) is 0 Å². The molecule has 1 aliphatic rings. The third kappa shape index (κ3) is 4.83. The zero-order chi connectivity index (χ0) is 22.1. The minimum absolute atomic E-state index is 0.112. The highest BCUT2D eigenvalue weighted by molar-refractivity contribution is 5.95. The van der Waals surface area contributed by atoms with E-state index in [2.05, 4.69) is 10.3 Å². The molecule has 0 saturated carbocycles. The Labute approximate surface area is 178 Å². The third-order valence-corrected chi connectivity index (χ3v) is 5.42. The number of aromatic nitrogens is 2. The van der Waals surface area contributed by atoms with E-state index in [4.69, 9.17) is 9.72 Å². The van der Waals surface area contributed by atoms with Gasteiger partial charge in [0.05, 0.1) is 5.69 Å². The average Bonchev–Trinajstić information content (AvgIpc) is 3.08. The van der Waals surface area contributed by atoms with E-state index in [9.17, 15) is 9.59 Å². The van der Waals surface area contributed by atoms with E-state index in [0.29, 0.717) is 18.7 Å². The summed E-state index contributed by atoms with van der Waals surface area (Å²) < 4.78 is 5.48. The molecular formula is C23H32N4O3. The van der Waals surface area contributed by atoms with Crippen LogP contribution < -0.4 is 5.32 Å². The number of imidazole rings is 1. The minimum atomic E-state index is -0.484. The van der Waals surface area contributed by atoms with Crippen molar-refractivity contribution in [2.45, 2.75) is 59.0 Å². The summed E-state index contributed by atoms with van der Waals surface area (Å²) in [5, 5.41) is 2.67. The largest absolute Gasteiger partial charge is 0.444 e. The first kappa shape index (κ1) is 21.9. The third-order valence-electron chi connectivity index (χ3n) is 5.42. The second kappa shape index (κ2) is 8.50. The molecule has 0 spiro atoms. The molecule has 0 bridgehead atoms. The number of rotatable bonds is 3. The molecule has 2 N–H and O–H groups in total. The first-order valence-corrected chi connectivity index (χ1v) is 10.5. The SMILES string of the molecule is CNC(=O)c1ccc(C)c(-c2nc(C3CCN(C(=O)OC(C)(C)C)CC3)[nH]c2C)c1. The monoisotopic (exact) mass is 412 g/mol. The fraction of sp³-hybridized carbons (Fsp3) is 0.522. The van der Waals surface area contributed by atoms with Crippen LogP contribution in [0, 0.1) is 13.8 Å². The van der Waals surface area contributed by atoms with Gasteiger partial charge >= 0.3 is 6.09 Å². The van der Waals surface area contributed by atoms with Crippen molar-refractivity contribution < 1.29 is 14.3 Å². The molecule has 0 aliphatic carbocycles. The maximum atomic E-state index is 12.3. The normalized spacial score (nSPS) is 15.2. The van der Waals surface area contributed by atoms with Crippen LogP contribution in [-0.2, 0) is 4.74 Å². The molecule has 3 rings (SSSR count). The van der Waals surface area contributed by atoms with Crippen LogP contribution in [0.4, 0.5) is 4.79 Å². The molecule has 1 aromatic heterocycles. The Kier molecular flexibility index (Phi) is 6.19. The maximum Gasteiger partial charge on any atom is 0.410 e. The summed E-state index contributed by atoms with van der Waals surface area (Å²) in [4.78, 5) is 34.4. The van der Waals surface area contributed by atoms with Crippen LogP contribution in [-0.4, -0.2) is 52.6 Å². The van der Waals surface area contributed by atoms with E-state index in [0.717, 1.165) is 41.2 Å². The van der Waals surface area contributed by atoms with E-state index >= 15 is 0 Å². The van der Waals surface area contributed by atoms with Gasteiger partial charge in [-0.05, 0) is 65.2 Å². The number of ether oxygens (including phenoxy) is 1. The Morgan fingerprint density at radius 3 is 2.47 bits per heavy atom. The molecule has 30 heavy (non-hydrogen) atoms. The van der Waals surface area contributed by atoms with Crippen molar-refractivity contribution in [2.24, 2.45) is 0 Å². The number of carbonyl (C=O) groups excluding carboxylic acids is 2. The lowest BCUT2D eigenvalue weighted by Crippen LogP contribution is -2.41. The Hall–Kier alpha value is -2.83. The quantitative estimate of drug-likeness (QED) is 0.792. The Morgan fingerprint density at radius 2 is 1.87 bits per heavy atom. The standard InChI is InChI=1S/C23H32N4O3/c1-14-7-8-17(21(28)24-6)13-18(14)19-15(2)25-20(26-19)16-9-11-27(12-10-16)22(29)30-23(3,4)5/h7-8,13,16H,9-12H2,1-6H3,(H,24,28)(H,25,26). The van der Waals surface area contributed by atoms with Gasteiger partial charge in [-0.25, -0.2) is 9.78 Å². The van der Waals surface area contributed by atoms with Gasteiger partial charge < -0.3 is 19.9 Å². The molecule has 1 fully saturated rings. The predicted octanol–water partition coefficient (Wildman–Crippen LogP) is 4.17. The van der Waals surface area contributed by atoms with E-state index in [1.54, 1.807) is 11.9 Å². The molecular weight excluding hydrogens is 380 g/mol. The van der Waals surface area contributed by atoms with Crippen LogP contribution in [0.15, 0.2) is 18.2 Å². The van der Waals surface area contributed by atoms with Gasteiger partial charge in [-0.1, -0.05) is 6.07 Å². The van der Waals surface area contributed by atoms with E-state index in [1.165, 1.54) is 0 Å². The zero-order valence-electron chi connectivity index (χ0n) is 18.8. The van der Waals surface area contributed by atoms with Crippen LogP contribution in [0.1, 0.15) is 67.0 Å². The highest BCUT2D eigenvalue weighted by atomic mass is 16.6. The number of likely N-dealkylation sites (tertiary alicyclic amines) is 1. The summed E-state index contributed by atoms with van der Waals surface area (Å²) in [6.45, 7) is 11.0. The zero-order valence-corrected chi connectivity index (χ0v) is 18.8. The number of aryl methyl sites for hydroxylation is 2. The van der Waals surface area contributed by atoms with Crippen molar-refractivity contribution in [2.75, 3.05) is 20.1 Å². The predicted molar refractivity (Wildman–Crippen MR) is 117 cm³/mol. The molecule has 1 aliphatic heterocycles. The highest BCUT2D eigenvalue weighted by Gasteiger charge is 2.29. The van der Waals surface area contributed by atoms with Gasteiger partial charge in [0.1, 0.15) is 11.4 Å². The van der Waals surface area contributed by atoms with Crippen molar-refractivity contribution in [3.8, 4) is 11.3 Å². The van der Waals surface area contributed by atoms with Crippen molar-refractivity contribution in [3.63, 3.8) is 0 Å². The van der Waals surface area contributed by atoms with Crippen LogP contribution in [0.25, 0.3) is 11.3 Å². The Balaban J connectivity index is 1.75. The van der Waals surface area contributed by atoms with Crippen molar-refractivity contribution in [3.05, 3.63) is 40.8 Å². The molecule has 1 aromatic carbocycles. The fourth-order valence-corrected chi connectivity index (χ4v) is 3.76. The van der Waals surface area contributed by atoms with E-state index in [1.807, 2.05) is 52.8 Å². The molecule has 2 amide bonds. The summed E-state index contributed by atoms with van der Waals surface area (Å²) in [5.74, 6) is 1.09. The Morgan fingerprint density at radius 1 is 1.20 bits per heavy atom. The summed E-state index contributed by atoms with van der Waals surface area (Å²) in [6.07, 6.45) is 1.42. The number of aromatic amines is 1. The maximum absolute atomic E-state index is 12.3. The molecule has 2 heterocycles. The molecule has 0 unspecified atom stereocenters. The molecule has 0 radical (unpaired) electrons. The summed E-state index contributed by atoms with van der Waals surface area (Å²) in [7, 11) is 1.63. The topological polar surface area (TPSA) is 87.3 Å². The number of nitrogens with zero attached hydrogens (tertiary/aromatic N) is 2. The lowest BCUT2D eigenvalue weighted by atomic mass is 9.96. The number of amides is 2. The number of hydrogen-bond donors (Lipinski definition) is 2. The Bertz CT molecular complexity index is 934. The smallest absolute Gasteiger partial charge is 0.410 e. The number of nitrogens with one attached hydrogen (secondary N) is 2. The van der Waals surface area contributed by atoms with Gasteiger partial charge in [0.2, 0.25) is 0 Å². The number of piperidine rings is 1. The van der Waals surface area contributed by atoms with Crippen LogP contribution in [0.5, 0.6) is 0 Å². The molecule has 0 atom stereocenters. The number of carbonyl (C=O) groups is 2. The molecule has 162 valence electrons. The van der Waals surface area contributed by atoms with Crippen molar-refractivity contribution in [1.29, 1.82) is 0 Å². The fourth-order valence-electron chi connectivity index (χ4n) is 3.76. The van der Waals surface area contributed by atoms with Gasteiger partial charge in [-0.3, -0.25) is 4.79 Å². The highest BCUT2D eigenvalue weighted by Crippen LogP contribution is 2.32. The van der Waals surface area contributed by atoms with Crippen LogP contribution in [0.3, 0.4) is 0 Å². The minimum Gasteiger partial charge on any atom is -0.444 e. The summed E-state index contributed by atoms with van der Waals surface area (Å²) >= 11 is 0. The summed E-state index contributed by atoms with van der Waals surface area (Å²) in [6, 6.07) is 5.67. The second-order valence-corrected chi connectivity index (χ2v) is 8.95. The van der Waals surface area contributed by atoms with Gasteiger partial charge in [0, 0.05) is 42.9 Å². The number of hydrogen-bond acceptors (Lipinski definition) is 4. The lowest BCUT2D eigenvalue weighted by molar-refractivity contribution is 0.0203. The van der Waals surface area contributed by atoms with Gasteiger partial charge in [-0.15, -0.1) is 0 Å². The van der Waals surface area contributed by atoms with E-state index < -0.39 is 5.60 Å². The van der Waals surface area contributed by atoms with Crippen molar-refractivity contribution >= 4 is 12.0 Å². The summed E-state index contributed by atoms with van der Waals surface area (Å²) in [5.41, 5.74) is 4.03.